The molecule has 5 rings (SSSR count). The molecule has 0 saturated carbocycles. The van der Waals surface area contributed by atoms with Crippen LogP contribution in [-0.4, -0.2) is 38.4 Å². The van der Waals surface area contributed by atoms with E-state index in [-0.39, 0.29) is 23.1 Å². The number of hydrogen-bond acceptors (Lipinski definition) is 5. The first kappa shape index (κ1) is 20.2. The van der Waals surface area contributed by atoms with Crippen molar-refractivity contribution >= 4 is 27.8 Å². The van der Waals surface area contributed by atoms with Crippen LogP contribution >= 0.6 is 0 Å². The van der Waals surface area contributed by atoms with Crippen LogP contribution in [0.5, 0.6) is 0 Å². The number of nitrogens with zero attached hydrogens (tertiary/aromatic N) is 1. The van der Waals surface area contributed by atoms with E-state index in [2.05, 4.69) is 0 Å². The van der Waals surface area contributed by atoms with Crippen molar-refractivity contribution in [3.8, 4) is 11.1 Å². The van der Waals surface area contributed by atoms with Gasteiger partial charge in [-0.2, -0.15) is 4.72 Å². The first-order valence-corrected chi connectivity index (χ1v) is 11.3. The fourth-order valence-corrected chi connectivity index (χ4v) is 5.64. The maximum absolute atomic E-state index is 13.1. The van der Waals surface area contributed by atoms with Gasteiger partial charge >= 0.3 is 12.1 Å². The number of ether oxygens (including phenoxy) is 1. The maximum Gasteiger partial charge on any atom is 0.416 e. The Morgan fingerprint density at radius 2 is 1.47 bits per heavy atom. The van der Waals surface area contributed by atoms with Gasteiger partial charge in [0, 0.05) is 5.92 Å². The van der Waals surface area contributed by atoms with Crippen molar-refractivity contribution in [1.29, 1.82) is 0 Å². The second-order valence-electron chi connectivity index (χ2n) is 7.50. The molecule has 1 amide bonds. The number of amides is 1. The molecule has 0 fully saturated rings. The van der Waals surface area contributed by atoms with Gasteiger partial charge in [0.1, 0.15) is 11.5 Å². The van der Waals surface area contributed by atoms with Crippen molar-refractivity contribution in [2.75, 3.05) is 11.5 Å². The average molecular weight is 450 g/mol. The number of aliphatic carboxylic acids is 1. The molecule has 1 aliphatic heterocycles. The Morgan fingerprint density at radius 3 is 2.09 bits per heavy atom. The Hall–Kier alpha value is -3.69. The van der Waals surface area contributed by atoms with Crippen molar-refractivity contribution in [3.05, 3.63) is 83.9 Å². The summed E-state index contributed by atoms with van der Waals surface area (Å²) in [5.74, 6) is -1.73. The summed E-state index contributed by atoms with van der Waals surface area (Å²) >= 11 is 0. The van der Waals surface area contributed by atoms with Gasteiger partial charge in [0.25, 0.3) is 0 Å². The van der Waals surface area contributed by atoms with Gasteiger partial charge in [-0.25, -0.2) is 22.9 Å². The quantitative estimate of drug-likeness (QED) is 0.634. The van der Waals surface area contributed by atoms with Crippen LogP contribution in [0.2, 0.25) is 0 Å². The summed E-state index contributed by atoms with van der Waals surface area (Å²) in [4.78, 5) is 25.5. The summed E-state index contributed by atoms with van der Waals surface area (Å²) in [6, 6.07) is 21.4. The molecule has 0 saturated heterocycles. The molecule has 0 radical (unpaired) electrons. The third-order valence-corrected chi connectivity index (χ3v) is 7.16. The average Bonchev–Trinajstić information content (AvgIpc) is 3.11. The number of sulfonamides is 1. The van der Waals surface area contributed by atoms with Crippen molar-refractivity contribution in [2.45, 2.75) is 17.0 Å². The predicted molar refractivity (Wildman–Crippen MR) is 116 cm³/mol. The van der Waals surface area contributed by atoms with Gasteiger partial charge in [-0.3, -0.25) is 0 Å². The van der Waals surface area contributed by atoms with Crippen molar-refractivity contribution in [1.82, 2.24) is 4.72 Å². The molecular weight excluding hydrogens is 432 g/mol. The molecule has 8 nitrogen and oxygen atoms in total. The lowest BCUT2D eigenvalue weighted by molar-refractivity contribution is -0.138. The van der Waals surface area contributed by atoms with E-state index in [4.69, 9.17) is 4.74 Å². The van der Waals surface area contributed by atoms with Gasteiger partial charge in [0.15, 0.2) is 0 Å². The van der Waals surface area contributed by atoms with Crippen LogP contribution in [-0.2, 0) is 19.6 Å². The van der Waals surface area contributed by atoms with Crippen LogP contribution in [0.25, 0.3) is 11.1 Å². The normalized spacial score (nSPS) is 18.4. The second kappa shape index (κ2) is 7.47. The molecule has 3 aromatic rings. The smallest absolute Gasteiger partial charge is 0.416 e. The monoisotopic (exact) mass is 450 g/mol. The highest BCUT2D eigenvalue weighted by Crippen LogP contribution is 2.44. The van der Waals surface area contributed by atoms with Gasteiger partial charge in [-0.1, -0.05) is 60.7 Å². The highest BCUT2D eigenvalue weighted by molar-refractivity contribution is 7.89. The number of hydrogen-bond donors (Lipinski definition) is 2. The maximum atomic E-state index is 13.1. The van der Waals surface area contributed by atoms with Crippen LogP contribution in [0.1, 0.15) is 17.0 Å². The summed E-state index contributed by atoms with van der Waals surface area (Å²) in [6.07, 6.45) is -2.76. The molecule has 32 heavy (non-hydrogen) atoms. The molecule has 2 N–H and O–H groups in total. The zero-order valence-corrected chi connectivity index (χ0v) is 17.5. The number of benzene rings is 3. The Bertz CT molecular complexity index is 1310. The van der Waals surface area contributed by atoms with E-state index in [1.165, 1.54) is 24.3 Å². The Labute approximate surface area is 184 Å². The minimum Gasteiger partial charge on any atom is -0.479 e. The molecule has 1 atom stereocenters. The zero-order chi connectivity index (χ0) is 22.5. The largest absolute Gasteiger partial charge is 0.479 e. The lowest BCUT2D eigenvalue weighted by Crippen LogP contribution is -2.59. The molecule has 3 aromatic carbocycles. The molecule has 1 aliphatic carbocycles. The first-order chi connectivity index (χ1) is 15.4. The molecule has 0 bridgehead atoms. The van der Waals surface area contributed by atoms with Crippen LogP contribution in [0, 0.1) is 0 Å². The summed E-state index contributed by atoms with van der Waals surface area (Å²) in [7, 11) is -4.09. The Morgan fingerprint density at radius 1 is 0.906 bits per heavy atom. The van der Waals surface area contributed by atoms with Crippen molar-refractivity contribution < 1.29 is 27.9 Å². The lowest BCUT2D eigenvalue weighted by Gasteiger charge is -2.34. The fraction of sp³-hybridized carbons (Fsp3) is 0.130. The van der Waals surface area contributed by atoms with Crippen LogP contribution < -0.4 is 9.62 Å². The van der Waals surface area contributed by atoms with E-state index >= 15 is 0 Å². The summed E-state index contributed by atoms with van der Waals surface area (Å²) in [5, 5.41) is 9.58. The third-order valence-electron chi connectivity index (χ3n) is 5.71. The van der Waals surface area contributed by atoms with Crippen LogP contribution in [0.3, 0.4) is 0 Å². The minimum atomic E-state index is -4.09. The number of anilines is 1. The van der Waals surface area contributed by atoms with Crippen LogP contribution in [0.4, 0.5) is 10.5 Å². The molecular formula is C23H18N2O6S. The Balaban J connectivity index is 1.47. The second-order valence-corrected chi connectivity index (χ2v) is 9.19. The van der Waals surface area contributed by atoms with Gasteiger partial charge in [0.05, 0.1) is 5.69 Å². The topological polar surface area (TPSA) is 113 Å². The number of para-hydroxylation sites is 1. The molecule has 9 heteroatoms. The minimum absolute atomic E-state index is 0.0232. The number of fused-ring (bicyclic) bond motifs is 4. The molecule has 1 unspecified atom stereocenters. The molecule has 162 valence electrons. The van der Waals surface area contributed by atoms with Gasteiger partial charge in [0.2, 0.25) is 16.2 Å². The summed E-state index contributed by atoms with van der Waals surface area (Å²) in [5.41, 5.74) is 4.09. The lowest BCUT2D eigenvalue weighted by atomic mass is 9.98. The number of carboxylic acids is 1. The van der Waals surface area contributed by atoms with E-state index in [0.717, 1.165) is 27.2 Å². The van der Waals surface area contributed by atoms with E-state index < -0.39 is 28.3 Å². The van der Waals surface area contributed by atoms with Crippen molar-refractivity contribution in [3.63, 3.8) is 0 Å². The molecule has 0 spiro atoms. The number of rotatable bonds is 3. The molecule has 1 heterocycles. The van der Waals surface area contributed by atoms with Crippen molar-refractivity contribution in [2.24, 2.45) is 0 Å². The van der Waals surface area contributed by atoms with E-state index in [9.17, 15) is 23.1 Å². The van der Waals surface area contributed by atoms with Gasteiger partial charge in [-0.05, 0) is 34.4 Å². The predicted octanol–water partition coefficient (Wildman–Crippen LogP) is 3.14. The number of carboxylic acid groups (broad SMARTS) is 1. The molecule has 2 aliphatic rings. The number of carbonyl (C=O) groups is 2. The summed E-state index contributed by atoms with van der Waals surface area (Å²) in [6.45, 7) is -0.0232. The van der Waals surface area contributed by atoms with Gasteiger partial charge < -0.3 is 9.84 Å². The Kier molecular flexibility index (Phi) is 4.72. The molecule has 0 aromatic heterocycles. The van der Waals surface area contributed by atoms with E-state index in [0.29, 0.717) is 0 Å². The standard InChI is InChI=1S/C23H18N2O6S/c26-22(27)21-24-32(29,30)20-12-6-5-11-19(20)25(21)23(28)31-13-18-16-9-3-1-7-14(16)15-8-2-4-10-17(15)18/h1-12,18,21,24H,13H2,(H,26,27). The fourth-order valence-electron chi connectivity index (χ4n) is 4.31. The highest BCUT2D eigenvalue weighted by Gasteiger charge is 2.43. The van der Waals surface area contributed by atoms with E-state index in [1.54, 1.807) is 0 Å². The van der Waals surface area contributed by atoms with Gasteiger partial charge in [-0.15, -0.1) is 0 Å². The summed E-state index contributed by atoms with van der Waals surface area (Å²) < 4.78 is 32.5. The number of carbonyl (C=O) groups excluding carboxylic acids is 1. The SMILES string of the molecule is O=C(O)C1NS(=O)(=O)c2ccccc2N1C(=O)OCC1c2ccccc2-c2ccccc21. The third kappa shape index (κ3) is 3.14. The van der Waals surface area contributed by atoms with E-state index in [1.807, 2.05) is 53.3 Å². The first-order valence-electron chi connectivity index (χ1n) is 9.87. The van der Waals surface area contributed by atoms with Crippen LogP contribution in [0.15, 0.2) is 77.7 Å². The number of nitrogens with one attached hydrogen (secondary N) is 1. The zero-order valence-electron chi connectivity index (χ0n) is 16.6. The highest BCUT2D eigenvalue weighted by atomic mass is 32.2.